The molecular weight excluding hydrogens is 370 g/mol. The average Bonchev–Trinajstić information content (AvgIpc) is 3.26. The van der Waals surface area contributed by atoms with E-state index in [2.05, 4.69) is 4.90 Å². The van der Waals surface area contributed by atoms with Crippen molar-refractivity contribution in [3.8, 4) is 5.75 Å². The van der Waals surface area contributed by atoms with Gasteiger partial charge in [-0.25, -0.2) is 0 Å². The van der Waals surface area contributed by atoms with Crippen molar-refractivity contribution in [2.75, 3.05) is 53.9 Å². The lowest BCUT2D eigenvalue weighted by Gasteiger charge is -2.33. The van der Waals surface area contributed by atoms with Gasteiger partial charge >= 0.3 is 0 Å². The molecule has 2 aliphatic heterocycles. The number of likely N-dealkylation sites (tertiary alicyclic amines) is 1. The first-order valence-electron chi connectivity index (χ1n) is 10.5. The van der Waals surface area contributed by atoms with E-state index < -0.39 is 0 Å². The molecule has 3 rings (SSSR count). The highest BCUT2D eigenvalue weighted by molar-refractivity contribution is 5.94. The van der Waals surface area contributed by atoms with Gasteiger partial charge in [0.1, 0.15) is 18.0 Å². The molecule has 7 nitrogen and oxygen atoms in total. The summed E-state index contributed by atoms with van der Waals surface area (Å²) in [4.78, 5) is 30.8. The predicted octanol–water partition coefficient (Wildman–Crippen LogP) is 1.87. The summed E-state index contributed by atoms with van der Waals surface area (Å²) in [5.74, 6) is 0.823. The van der Waals surface area contributed by atoms with Crippen LogP contribution in [0.2, 0.25) is 0 Å². The third kappa shape index (κ3) is 5.93. The summed E-state index contributed by atoms with van der Waals surface area (Å²) < 4.78 is 11.6. The first kappa shape index (κ1) is 21.6. The summed E-state index contributed by atoms with van der Waals surface area (Å²) in [6, 6.07) is 7.39. The van der Waals surface area contributed by atoms with Gasteiger partial charge in [0, 0.05) is 58.2 Å². The van der Waals surface area contributed by atoms with Gasteiger partial charge in [0.25, 0.3) is 11.8 Å². The molecule has 2 amide bonds. The molecule has 1 aromatic rings. The number of carbonyl (C=O) groups is 2. The van der Waals surface area contributed by atoms with Gasteiger partial charge in [0.15, 0.2) is 0 Å². The van der Waals surface area contributed by atoms with Gasteiger partial charge in [-0.1, -0.05) is 6.07 Å². The van der Waals surface area contributed by atoms with Crippen molar-refractivity contribution >= 4 is 11.8 Å². The van der Waals surface area contributed by atoms with Crippen LogP contribution in [0.25, 0.3) is 0 Å². The molecule has 1 atom stereocenters. The fourth-order valence-electron chi connectivity index (χ4n) is 3.74. The maximum absolute atomic E-state index is 12.6. The molecule has 1 aromatic carbocycles. The smallest absolute Gasteiger partial charge is 0.253 e. The summed E-state index contributed by atoms with van der Waals surface area (Å²) in [7, 11) is 5.80. The first-order valence-corrected chi connectivity index (χ1v) is 10.5. The molecule has 0 bridgehead atoms. The van der Waals surface area contributed by atoms with Gasteiger partial charge in [-0.2, -0.15) is 0 Å². The lowest BCUT2D eigenvalue weighted by Crippen LogP contribution is -2.45. The van der Waals surface area contributed by atoms with Crippen molar-refractivity contribution in [2.45, 2.75) is 37.9 Å². The van der Waals surface area contributed by atoms with Crippen molar-refractivity contribution in [1.82, 2.24) is 14.7 Å². The highest BCUT2D eigenvalue weighted by Crippen LogP contribution is 2.23. The minimum absolute atomic E-state index is 0.00530. The molecule has 0 aromatic heterocycles. The molecule has 29 heavy (non-hydrogen) atoms. The highest BCUT2D eigenvalue weighted by atomic mass is 16.5. The van der Waals surface area contributed by atoms with Crippen LogP contribution in [0.4, 0.5) is 0 Å². The zero-order valence-corrected chi connectivity index (χ0v) is 17.8. The normalized spacial score (nSPS) is 20.1. The van der Waals surface area contributed by atoms with Gasteiger partial charge in [0.2, 0.25) is 0 Å². The maximum Gasteiger partial charge on any atom is 0.253 e. The molecule has 2 aliphatic rings. The Bertz CT molecular complexity index is 695. The molecule has 2 fully saturated rings. The van der Waals surface area contributed by atoms with Gasteiger partial charge in [-0.05, 0) is 45.1 Å². The lowest BCUT2D eigenvalue weighted by molar-refractivity contribution is -0.142. The van der Waals surface area contributed by atoms with Crippen LogP contribution in [0.15, 0.2) is 24.3 Å². The van der Waals surface area contributed by atoms with Crippen molar-refractivity contribution in [2.24, 2.45) is 0 Å². The van der Waals surface area contributed by atoms with Crippen molar-refractivity contribution in [1.29, 1.82) is 0 Å². The second kappa shape index (κ2) is 10.1. The van der Waals surface area contributed by atoms with Crippen LogP contribution >= 0.6 is 0 Å². The van der Waals surface area contributed by atoms with Crippen LogP contribution in [0.3, 0.4) is 0 Å². The lowest BCUT2D eigenvalue weighted by atomic mass is 10.1. The van der Waals surface area contributed by atoms with E-state index in [4.69, 9.17) is 9.47 Å². The Morgan fingerprint density at radius 3 is 2.55 bits per heavy atom. The molecule has 160 valence electrons. The maximum atomic E-state index is 12.6. The average molecular weight is 404 g/mol. The van der Waals surface area contributed by atoms with Crippen molar-refractivity contribution in [3.63, 3.8) is 0 Å². The Hall–Kier alpha value is -2.12. The van der Waals surface area contributed by atoms with E-state index in [9.17, 15) is 9.59 Å². The first-order chi connectivity index (χ1) is 13.9. The van der Waals surface area contributed by atoms with E-state index in [0.29, 0.717) is 37.6 Å². The van der Waals surface area contributed by atoms with Crippen LogP contribution in [0, 0.1) is 0 Å². The Morgan fingerprint density at radius 1 is 1.14 bits per heavy atom. The van der Waals surface area contributed by atoms with Crippen LogP contribution in [-0.2, 0) is 9.53 Å². The molecular formula is C22H33N3O4. The van der Waals surface area contributed by atoms with Gasteiger partial charge in [-0.15, -0.1) is 0 Å². The van der Waals surface area contributed by atoms with Crippen LogP contribution in [0.1, 0.15) is 36.0 Å². The van der Waals surface area contributed by atoms with Gasteiger partial charge in [-0.3, -0.25) is 9.59 Å². The second-order valence-corrected chi connectivity index (χ2v) is 8.20. The molecule has 0 radical (unpaired) electrons. The predicted molar refractivity (Wildman–Crippen MR) is 111 cm³/mol. The molecule has 2 heterocycles. The topological polar surface area (TPSA) is 62.3 Å². The summed E-state index contributed by atoms with van der Waals surface area (Å²) >= 11 is 0. The number of piperidine rings is 1. The molecule has 0 N–H and O–H groups in total. The number of rotatable bonds is 7. The second-order valence-electron chi connectivity index (χ2n) is 8.20. The number of likely N-dealkylation sites (N-methyl/N-ethyl adjacent to an activating group) is 2. The van der Waals surface area contributed by atoms with E-state index >= 15 is 0 Å². The number of amides is 2. The van der Waals surface area contributed by atoms with E-state index in [1.807, 2.05) is 50.3 Å². The Labute approximate surface area is 173 Å². The van der Waals surface area contributed by atoms with Crippen LogP contribution in [-0.4, -0.2) is 92.7 Å². The van der Waals surface area contributed by atoms with E-state index in [-0.39, 0.29) is 24.0 Å². The van der Waals surface area contributed by atoms with Crippen molar-refractivity contribution < 1.29 is 19.1 Å². The van der Waals surface area contributed by atoms with Crippen molar-refractivity contribution in [3.05, 3.63) is 29.8 Å². The Morgan fingerprint density at radius 2 is 1.90 bits per heavy atom. The third-order valence-corrected chi connectivity index (χ3v) is 5.57. The zero-order chi connectivity index (χ0) is 20.8. The van der Waals surface area contributed by atoms with Crippen LogP contribution < -0.4 is 4.74 Å². The Kier molecular flexibility index (Phi) is 7.50. The minimum atomic E-state index is -0.250. The largest absolute Gasteiger partial charge is 0.490 e. The summed E-state index contributed by atoms with van der Waals surface area (Å²) in [5.41, 5.74) is 0.634. The number of benzene rings is 1. The number of hydrogen-bond donors (Lipinski definition) is 0. The standard InChI is InChI=1S/C22H33N3O4/c1-23(2)13-14-24(3)21(26)17-6-4-7-19(16-17)29-18-9-11-25(12-10-18)22(27)20-8-5-15-28-20/h4,6-7,16,18,20H,5,8-15H2,1-3H3. The molecule has 0 spiro atoms. The monoisotopic (exact) mass is 403 g/mol. The number of nitrogens with zero attached hydrogens (tertiary/aromatic N) is 3. The van der Waals surface area contributed by atoms with Gasteiger partial charge < -0.3 is 24.2 Å². The number of carbonyl (C=O) groups excluding carboxylic acids is 2. The van der Waals surface area contributed by atoms with E-state index in [0.717, 1.165) is 32.2 Å². The third-order valence-electron chi connectivity index (χ3n) is 5.57. The summed E-state index contributed by atoms with van der Waals surface area (Å²) in [6.07, 6.45) is 3.19. The van der Waals surface area contributed by atoms with Gasteiger partial charge in [0.05, 0.1) is 0 Å². The number of ether oxygens (including phenoxy) is 2. The highest BCUT2D eigenvalue weighted by Gasteiger charge is 2.31. The van der Waals surface area contributed by atoms with E-state index in [1.165, 1.54) is 0 Å². The fourth-order valence-corrected chi connectivity index (χ4v) is 3.74. The molecule has 0 saturated carbocycles. The SMILES string of the molecule is CN(C)CCN(C)C(=O)c1cccc(OC2CCN(C(=O)C3CCCO3)CC2)c1. The van der Waals surface area contributed by atoms with E-state index in [1.54, 1.807) is 4.90 Å². The quantitative estimate of drug-likeness (QED) is 0.696. The minimum Gasteiger partial charge on any atom is -0.490 e. The zero-order valence-electron chi connectivity index (χ0n) is 17.8. The fraction of sp³-hybridized carbons (Fsp3) is 0.636. The molecule has 2 saturated heterocycles. The molecule has 1 unspecified atom stereocenters. The van der Waals surface area contributed by atoms with Crippen LogP contribution in [0.5, 0.6) is 5.75 Å². The molecule has 7 heteroatoms. The summed E-state index contributed by atoms with van der Waals surface area (Å²) in [5, 5.41) is 0. The summed E-state index contributed by atoms with van der Waals surface area (Å²) in [6.45, 7) is 3.57. The molecule has 0 aliphatic carbocycles. The number of hydrogen-bond acceptors (Lipinski definition) is 5. The Balaban J connectivity index is 1.50.